The molecule has 31 heavy (non-hydrogen) atoms. The summed E-state index contributed by atoms with van der Waals surface area (Å²) in [5.74, 6) is 1.86. The monoisotopic (exact) mass is 417 g/mol. The van der Waals surface area contributed by atoms with Gasteiger partial charge in [-0.3, -0.25) is 9.36 Å². The second-order valence-corrected chi connectivity index (χ2v) is 7.14. The van der Waals surface area contributed by atoms with Gasteiger partial charge in [0.25, 0.3) is 5.89 Å². The second-order valence-electron chi connectivity index (χ2n) is 7.14. The lowest BCUT2D eigenvalue weighted by Crippen LogP contribution is -2.07. The first-order valence-corrected chi connectivity index (χ1v) is 9.87. The van der Waals surface area contributed by atoms with Gasteiger partial charge in [-0.25, -0.2) is 0 Å². The molecular formula is C24H23N3O4. The molecule has 4 aromatic rings. The number of rotatable bonds is 7. The highest BCUT2D eigenvalue weighted by Gasteiger charge is 2.29. The molecule has 0 radical (unpaired) electrons. The van der Waals surface area contributed by atoms with Crippen LogP contribution in [0.5, 0.6) is 11.5 Å². The zero-order valence-electron chi connectivity index (χ0n) is 17.9. The van der Waals surface area contributed by atoms with E-state index in [1.807, 2.05) is 66.1 Å². The standard InChI is InChI=1S/C24H23N3O4/c1-15-21(16(2)28)27(19-10-12-20(29-4)13-11-19)22(24-26-25-17(3)31-24)23(15)30-14-18-8-6-5-7-9-18/h5-13H,14H2,1-4H3. The number of carbonyl (C=O) groups is 1. The number of ketones is 1. The van der Waals surface area contributed by atoms with Crippen LogP contribution in [-0.4, -0.2) is 27.7 Å². The van der Waals surface area contributed by atoms with E-state index in [-0.39, 0.29) is 11.7 Å². The predicted octanol–water partition coefficient (Wildman–Crippen LogP) is 4.93. The van der Waals surface area contributed by atoms with Crippen molar-refractivity contribution in [2.24, 2.45) is 0 Å². The lowest BCUT2D eigenvalue weighted by molar-refractivity contribution is 0.101. The molecule has 0 aliphatic rings. The Bertz CT molecular complexity index is 1210. The van der Waals surface area contributed by atoms with E-state index in [9.17, 15) is 4.79 Å². The van der Waals surface area contributed by atoms with E-state index in [1.165, 1.54) is 6.92 Å². The molecule has 0 saturated carbocycles. The van der Waals surface area contributed by atoms with Gasteiger partial charge in [-0.2, -0.15) is 0 Å². The lowest BCUT2D eigenvalue weighted by Gasteiger charge is -2.12. The summed E-state index contributed by atoms with van der Waals surface area (Å²) in [6, 6.07) is 17.3. The van der Waals surface area contributed by atoms with Crippen molar-refractivity contribution in [1.29, 1.82) is 0 Å². The van der Waals surface area contributed by atoms with Crippen LogP contribution in [0.25, 0.3) is 17.3 Å². The van der Waals surface area contributed by atoms with Crippen LogP contribution in [0.3, 0.4) is 0 Å². The Kier molecular flexibility index (Phi) is 5.58. The molecule has 4 rings (SSSR count). The van der Waals surface area contributed by atoms with Gasteiger partial charge in [0, 0.05) is 25.1 Å². The molecule has 0 aliphatic carbocycles. The van der Waals surface area contributed by atoms with Crippen molar-refractivity contribution < 1.29 is 18.7 Å². The third kappa shape index (κ3) is 3.94. The molecule has 0 amide bonds. The maximum absolute atomic E-state index is 12.7. The molecule has 0 spiro atoms. The smallest absolute Gasteiger partial charge is 0.268 e. The van der Waals surface area contributed by atoms with Gasteiger partial charge in [0.1, 0.15) is 12.4 Å². The van der Waals surface area contributed by atoms with Crippen molar-refractivity contribution >= 4 is 5.78 Å². The van der Waals surface area contributed by atoms with Crippen molar-refractivity contribution in [2.75, 3.05) is 7.11 Å². The molecular weight excluding hydrogens is 394 g/mol. The lowest BCUT2D eigenvalue weighted by atomic mass is 10.2. The SMILES string of the molecule is COc1ccc(-n2c(C(C)=O)c(C)c(OCc3ccccc3)c2-c2nnc(C)o2)cc1. The molecule has 0 N–H and O–H groups in total. The average Bonchev–Trinajstić information content (AvgIpc) is 3.33. The summed E-state index contributed by atoms with van der Waals surface area (Å²) in [6.45, 7) is 5.46. The van der Waals surface area contributed by atoms with Crippen LogP contribution in [0.15, 0.2) is 59.0 Å². The van der Waals surface area contributed by atoms with Crippen LogP contribution in [0, 0.1) is 13.8 Å². The number of methoxy groups -OCH3 is 1. The minimum Gasteiger partial charge on any atom is -0.497 e. The minimum atomic E-state index is -0.0969. The van der Waals surface area contributed by atoms with E-state index < -0.39 is 0 Å². The number of aryl methyl sites for hydroxylation is 1. The van der Waals surface area contributed by atoms with Gasteiger partial charge in [0.15, 0.2) is 17.2 Å². The molecule has 158 valence electrons. The number of aromatic nitrogens is 3. The molecule has 0 bridgehead atoms. The van der Waals surface area contributed by atoms with Crippen molar-refractivity contribution in [3.63, 3.8) is 0 Å². The third-order valence-corrected chi connectivity index (χ3v) is 4.98. The minimum absolute atomic E-state index is 0.0969. The Morgan fingerprint density at radius 3 is 2.32 bits per heavy atom. The molecule has 0 saturated heterocycles. The predicted molar refractivity (Wildman–Crippen MR) is 116 cm³/mol. The molecule has 7 nitrogen and oxygen atoms in total. The Balaban J connectivity index is 1.92. The molecule has 0 fully saturated rings. The fraction of sp³-hybridized carbons (Fsp3) is 0.208. The Morgan fingerprint density at radius 2 is 1.74 bits per heavy atom. The summed E-state index contributed by atoms with van der Waals surface area (Å²) in [5.41, 5.74) is 3.53. The first-order chi connectivity index (χ1) is 15.0. The first kappa shape index (κ1) is 20.4. The van der Waals surface area contributed by atoms with Crippen molar-refractivity contribution in [3.8, 4) is 28.8 Å². The van der Waals surface area contributed by atoms with Crippen molar-refractivity contribution in [2.45, 2.75) is 27.4 Å². The number of nitrogens with zero attached hydrogens (tertiary/aromatic N) is 3. The second kappa shape index (κ2) is 8.47. The maximum Gasteiger partial charge on any atom is 0.268 e. The largest absolute Gasteiger partial charge is 0.497 e. The molecule has 7 heteroatoms. The summed E-state index contributed by atoms with van der Waals surface area (Å²) in [4.78, 5) is 12.7. The van der Waals surface area contributed by atoms with E-state index in [0.29, 0.717) is 40.9 Å². The number of hydrogen-bond donors (Lipinski definition) is 0. The van der Waals surface area contributed by atoms with Crippen LogP contribution in [0.2, 0.25) is 0 Å². The number of benzene rings is 2. The van der Waals surface area contributed by atoms with Gasteiger partial charge >= 0.3 is 0 Å². The Labute approximate surface area is 180 Å². The molecule has 2 aromatic carbocycles. The van der Waals surface area contributed by atoms with E-state index in [2.05, 4.69) is 10.2 Å². The zero-order chi connectivity index (χ0) is 22.0. The normalized spacial score (nSPS) is 10.8. The van der Waals surface area contributed by atoms with E-state index in [1.54, 1.807) is 14.0 Å². The number of carbonyl (C=O) groups excluding carboxylic acids is 1. The number of ether oxygens (including phenoxy) is 2. The van der Waals surface area contributed by atoms with Crippen LogP contribution in [0.1, 0.15) is 34.4 Å². The summed E-state index contributed by atoms with van der Waals surface area (Å²) in [5, 5.41) is 8.19. The summed E-state index contributed by atoms with van der Waals surface area (Å²) in [6.07, 6.45) is 0. The molecule has 0 atom stereocenters. The van der Waals surface area contributed by atoms with Gasteiger partial charge < -0.3 is 13.9 Å². The highest BCUT2D eigenvalue weighted by molar-refractivity contribution is 5.97. The number of hydrogen-bond acceptors (Lipinski definition) is 6. The molecule has 2 aromatic heterocycles. The van der Waals surface area contributed by atoms with Gasteiger partial charge in [-0.05, 0) is 36.8 Å². The summed E-state index contributed by atoms with van der Waals surface area (Å²) < 4.78 is 19.1. The van der Waals surface area contributed by atoms with Crippen LogP contribution >= 0.6 is 0 Å². The van der Waals surface area contributed by atoms with E-state index in [4.69, 9.17) is 13.9 Å². The Morgan fingerprint density at radius 1 is 1.03 bits per heavy atom. The molecule has 2 heterocycles. The van der Waals surface area contributed by atoms with Crippen LogP contribution in [-0.2, 0) is 6.61 Å². The molecule has 0 aliphatic heterocycles. The van der Waals surface area contributed by atoms with Gasteiger partial charge in [0.2, 0.25) is 5.89 Å². The molecule has 0 unspecified atom stereocenters. The average molecular weight is 417 g/mol. The zero-order valence-corrected chi connectivity index (χ0v) is 17.9. The van der Waals surface area contributed by atoms with Crippen LogP contribution in [0.4, 0.5) is 0 Å². The number of Topliss-reactive ketones (excluding diaryl/α,β-unsaturated/α-hetero) is 1. The topological polar surface area (TPSA) is 79.4 Å². The Hall–Kier alpha value is -3.87. The van der Waals surface area contributed by atoms with Crippen molar-refractivity contribution in [3.05, 3.63) is 77.3 Å². The van der Waals surface area contributed by atoms with E-state index in [0.717, 1.165) is 11.3 Å². The van der Waals surface area contributed by atoms with Crippen LogP contribution < -0.4 is 9.47 Å². The van der Waals surface area contributed by atoms with Crippen molar-refractivity contribution in [1.82, 2.24) is 14.8 Å². The third-order valence-electron chi connectivity index (χ3n) is 4.98. The highest BCUT2D eigenvalue weighted by atomic mass is 16.5. The first-order valence-electron chi connectivity index (χ1n) is 9.87. The summed E-state index contributed by atoms with van der Waals surface area (Å²) >= 11 is 0. The van der Waals surface area contributed by atoms with E-state index >= 15 is 0 Å². The fourth-order valence-corrected chi connectivity index (χ4v) is 3.57. The maximum atomic E-state index is 12.7. The van der Waals surface area contributed by atoms with Gasteiger partial charge in [-0.1, -0.05) is 30.3 Å². The highest BCUT2D eigenvalue weighted by Crippen LogP contribution is 2.40. The fourth-order valence-electron chi connectivity index (χ4n) is 3.57. The van der Waals surface area contributed by atoms with Gasteiger partial charge in [-0.15, -0.1) is 10.2 Å². The summed E-state index contributed by atoms with van der Waals surface area (Å²) in [7, 11) is 1.61. The quantitative estimate of drug-likeness (QED) is 0.397. The van der Waals surface area contributed by atoms with Gasteiger partial charge in [0.05, 0.1) is 12.8 Å².